The highest BCUT2D eigenvalue weighted by atomic mass is 16.1. The predicted octanol–water partition coefficient (Wildman–Crippen LogP) is 5.16. The van der Waals surface area contributed by atoms with E-state index in [9.17, 15) is 4.79 Å². The molecular formula is C20H25NO. The fourth-order valence-corrected chi connectivity index (χ4v) is 2.31. The summed E-state index contributed by atoms with van der Waals surface area (Å²) in [5.74, 6) is 0. The van der Waals surface area contributed by atoms with Gasteiger partial charge in [-0.25, -0.2) is 0 Å². The van der Waals surface area contributed by atoms with Gasteiger partial charge in [0.15, 0.2) is 6.29 Å². The molecule has 0 atom stereocenters. The molecule has 2 aromatic rings. The normalized spacial score (nSPS) is 12.3. The molecule has 22 heavy (non-hydrogen) atoms. The van der Waals surface area contributed by atoms with Gasteiger partial charge in [-0.05, 0) is 33.6 Å². The van der Waals surface area contributed by atoms with Crippen molar-refractivity contribution in [3.05, 3.63) is 53.3 Å². The van der Waals surface area contributed by atoms with Crippen LogP contribution in [0.15, 0.2) is 36.5 Å². The molecule has 1 aromatic carbocycles. The summed E-state index contributed by atoms with van der Waals surface area (Å²) in [6.45, 7) is 13.4. The van der Waals surface area contributed by atoms with E-state index in [2.05, 4.69) is 64.7 Å². The number of pyridine rings is 1. The average Bonchev–Trinajstić information content (AvgIpc) is 2.45. The second-order valence-electron chi connectivity index (χ2n) is 7.89. The van der Waals surface area contributed by atoms with Gasteiger partial charge in [0.1, 0.15) is 5.69 Å². The number of aromatic nitrogens is 1. The van der Waals surface area contributed by atoms with Crippen LogP contribution in [0.25, 0.3) is 11.1 Å². The monoisotopic (exact) mass is 295 g/mol. The van der Waals surface area contributed by atoms with Crippen LogP contribution in [-0.2, 0) is 10.8 Å². The topological polar surface area (TPSA) is 30.0 Å². The maximum Gasteiger partial charge on any atom is 0.168 e. The zero-order valence-electron chi connectivity index (χ0n) is 14.4. The molecule has 0 aliphatic heterocycles. The third-order valence-electron chi connectivity index (χ3n) is 3.91. The SMILES string of the molecule is CC(C)(C)c1cc(-c2ccc(C=O)nc2)cc(C(C)(C)C)c1. The van der Waals surface area contributed by atoms with Crippen molar-refractivity contribution < 1.29 is 4.79 Å². The minimum absolute atomic E-state index is 0.0895. The molecule has 0 fully saturated rings. The van der Waals surface area contributed by atoms with Gasteiger partial charge in [0.25, 0.3) is 0 Å². The van der Waals surface area contributed by atoms with Crippen molar-refractivity contribution in [3.8, 4) is 11.1 Å². The van der Waals surface area contributed by atoms with Crippen LogP contribution >= 0.6 is 0 Å². The molecule has 0 radical (unpaired) electrons. The fraction of sp³-hybridized carbons (Fsp3) is 0.400. The Bertz CT molecular complexity index is 638. The van der Waals surface area contributed by atoms with E-state index in [-0.39, 0.29) is 10.8 Å². The molecule has 0 amide bonds. The molecule has 116 valence electrons. The second-order valence-corrected chi connectivity index (χ2v) is 7.89. The standard InChI is InChI=1S/C20H25NO/c1-19(2,3)16-9-15(10-17(11-16)20(4,5)6)14-7-8-18(13-22)21-12-14/h7-13H,1-6H3. The molecule has 2 nitrogen and oxygen atoms in total. The molecule has 0 N–H and O–H groups in total. The molecule has 0 aliphatic rings. The summed E-state index contributed by atoms with van der Waals surface area (Å²) in [4.78, 5) is 15.0. The van der Waals surface area contributed by atoms with Crippen LogP contribution in [0.2, 0.25) is 0 Å². The van der Waals surface area contributed by atoms with Crippen LogP contribution < -0.4 is 0 Å². The predicted molar refractivity (Wildman–Crippen MR) is 92.5 cm³/mol. The number of benzene rings is 1. The molecule has 1 aromatic heterocycles. The highest BCUT2D eigenvalue weighted by Gasteiger charge is 2.20. The maximum atomic E-state index is 10.8. The Hall–Kier alpha value is -1.96. The van der Waals surface area contributed by atoms with Gasteiger partial charge in [0.2, 0.25) is 0 Å². The van der Waals surface area contributed by atoms with Gasteiger partial charge in [-0.3, -0.25) is 9.78 Å². The highest BCUT2D eigenvalue weighted by Crippen LogP contribution is 2.33. The lowest BCUT2D eigenvalue weighted by molar-refractivity contribution is 0.111. The fourth-order valence-electron chi connectivity index (χ4n) is 2.31. The number of hydrogen-bond acceptors (Lipinski definition) is 2. The number of hydrogen-bond donors (Lipinski definition) is 0. The largest absolute Gasteiger partial charge is 0.296 e. The Labute approximate surface area is 133 Å². The van der Waals surface area contributed by atoms with E-state index < -0.39 is 0 Å². The van der Waals surface area contributed by atoms with Crippen LogP contribution in [0.3, 0.4) is 0 Å². The summed E-state index contributed by atoms with van der Waals surface area (Å²) < 4.78 is 0. The van der Waals surface area contributed by atoms with Crippen molar-refractivity contribution in [2.75, 3.05) is 0 Å². The third-order valence-corrected chi connectivity index (χ3v) is 3.91. The average molecular weight is 295 g/mol. The van der Waals surface area contributed by atoms with E-state index in [4.69, 9.17) is 0 Å². The summed E-state index contributed by atoms with van der Waals surface area (Å²) in [7, 11) is 0. The summed E-state index contributed by atoms with van der Waals surface area (Å²) in [5, 5.41) is 0. The molecule has 2 rings (SSSR count). The highest BCUT2D eigenvalue weighted by molar-refractivity contribution is 5.74. The number of carbonyl (C=O) groups excluding carboxylic acids is 1. The molecule has 0 spiro atoms. The van der Waals surface area contributed by atoms with E-state index in [0.29, 0.717) is 5.69 Å². The summed E-state index contributed by atoms with van der Waals surface area (Å²) in [6, 6.07) is 10.5. The lowest BCUT2D eigenvalue weighted by Gasteiger charge is -2.26. The van der Waals surface area contributed by atoms with Crippen molar-refractivity contribution in [3.63, 3.8) is 0 Å². The first kappa shape index (κ1) is 16.4. The lowest BCUT2D eigenvalue weighted by Crippen LogP contribution is -2.16. The minimum Gasteiger partial charge on any atom is -0.296 e. The molecule has 2 heteroatoms. The number of nitrogens with zero attached hydrogens (tertiary/aromatic N) is 1. The van der Waals surface area contributed by atoms with Crippen LogP contribution in [-0.4, -0.2) is 11.3 Å². The Balaban J connectivity index is 2.61. The maximum absolute atomic E-state index is 10.8. The van der Waals surface area contributed by atoms with Crippen LogP contribution in [0, 0.1) is 0 Å². The Morgan fingerprint density at radius 2 is 1.36 bits per heavy atom. The van der Waals surface area contributed by atoms with E-state index in [1.165, 1.54) is 11.1 Å². The first-order chi connectivity index (χ1) is 10.1. The molecule has 1 heterocycles. The van der Waals surface area contributed by atoms with E-state index >= 15 is 0 Å². The Morgan fingerprint density at radius 3 is 1.73 bits per heavy atom. The second kappa shape index (κ2) is 5.68. The van der Waals surface area contributed by atoms with Gasteiger partial charge in [0, 0.05) is 11.8 Å². The van der Waals surface area contributed by atoms with Crippen molar-refractivity contribution in [1.82, 2.24) is 4.98 Å². The molecule has 0 saturated heterocycles. The smallest absolute Gasteiger partial charge is 0.168 e. The van der Waals surface area contributed by atoms with Gasteiger partial charge in [-0.2, -0.15) is 0 Å². The first-order valence-electron chi connectivity index (χ1n) is 7.69. The summed E-state index contributed by atoms with van der Waals surface area (Å²) >= 11 is 0. The summed E-state index contributed by atoms with van der Waals surface area (Å²) in [5.41, 5.74) is 5.47. The number of rotatable bonds is 2. The quantitative estimate of drug-likeness (QED) is 0.717. The van der Waals surface area contributed by atoms with E-state index in [0.717, 1.165) is 17.4 Å². The Kier molecular flexibility index (Phi) is 4.23. The van der Waals surface area contributed by atoms with Gasteiger partial charge in [-0.1, -0.05) is 65.8 Å². The van der Waals surface area contributed by atoms with Gasteiger partial charge in [-0.15, -0.1) is 0 Å². The van der Waals surface area contributed by atoms with Gasteiger partial charge < -0.3 is 0 Å². The number of aldehydes is 1. The summed E-state index contributed by atoms with van der Waals surface area (Å²) in [6.07, 6.45) is 2.55. The third kappa shape index (κ3) is 3.62. The van der Waals surface area contributed by atoms with Crippen LogP contribution in [0.5, 0.6) is 0 Å². The molecule has 0 bridgehead atoms. The first-order valence-corrected chi connectivity index (χ1v) is 7.69. The van der Waals surface area contributed by atoms with E-state index in [1.807, 2.05) is 6.07 Å². The molecular weight excluding hydrogens is 270 g/mol. The van der Waals surface area contributed by atoms with Crippen LogP contribution in [0.1, 0.15) is 63.2 Å². The van der Waals surface area contributed by atoms with Crippen LogP contribution in [0.4, 0.5) is 0 Å². The van der Waals surface area contributed by atoms with Gasteiger partial charge in [0.05, 0.1) is 0 Å². The van der Waals surface area contributed by atoms with Crippen molar-refractivity contribution in [2.45, 2.75) is 52.4 Å². The number of carbonyl (C=O) groups is 1. The van der Waals surface area contributed by atoms with Crippen molar-refractivity contribution in [1.29, 1.82) is 0 Å². The minimum atomic E-state index is 0.0895. The van der Waals surface area contributed by atoms with Crippen molar-refractivity contribution in [2.24, 2.45) is 0 Å². The van der Waals surface area contributed by atoms with Crippen molar-refractivity contribution >= 4 is 6.29 Å². The molecule has 0 unspecified atom stereocenters. The zero-order chi connectivity index (χ0) is 16.5. The molecule has 0 aliphatic carbocycles. The Morgan fingerprint density at radius 1 is 0.818 bits per heavy atom. The van der Waals surface area contributed by atoms with Gasteiger partial charge >= 0.3 is 0 Å². The lowest BCUT2D eigenvalue weighted by atomic mass is 9.79. The zero-order valence-corrected chi connectivity index (χ0v) is 14.4. The van der Waals surface area contributed by atoms with E-state index in [1.54, 1.807) is 12.3 Å². The molecule has 0 saturated carbocycles.